The lowest BCUT2D eigenvalue weighted by Crippen LogP contribution is -2.25. The topological polar surface area (TPSA) is 52.1 Å². The van der Waals surface area contributed by atoms with E-state index in [2.05, 4.69) is 23.0 Å². The molecule has 1 fully saturated rings. The first-order valence-electron chi connectivity index (χ1n) is 8.76. The monoisotopic (exact) mass is 323 g/mol. The number of ether oxygens (including phenoxy) is 1. The maximum absolute atomic E-state index is 12.3. The van der Waals surface area contributed by atoms with E-state index in [-0.39, 0.29) is 11.9 Å². The maximum atomic E-state index is 12.3. The van der Waals surface area contributed by atoms with Gasteiger partial charge in [0.1, 0.15) is 5.75 Å². The number of esters is 1. The Labute approximate surface area is 143 Å². The number of benzene rings is 1. The van der Waals surface area contributed by atoms with E-state index in [1.807, 2.05) is 12.1 Å². The summed E-state index contributed by atoms with van der Waals surface area (Å²) >= 11 is 0. The number of hydrogen-bond donors (Lipinski definition) is 0. The van der Waals surface area contributed by atoms with Crippen molar-refractivity contribution in [3.63, 3.8) is 0 Å². The average molecular weight is 323 g/mol. The molecule has 0 unspecified atom stereocenters. The van der Waals surface area contributed by atoms with Crippen molar-refractivity contribution in [2.24, 2.45) is 11.8 Å². The Morgan fingerprint density at radius 1 is 1.12 bits per heavy atom. The van der Waals surface area contributed by atoms with Gasteiger partial charge in [0.2, 0.25) is 0 Å². The van der Waals surface area contributed by atoms with Gasteiger partial charge in [-0.2, -0.15) is 0 Å². The number of rotatable bonds is 5. The van der Waals surface area contributed by atoms with Crippen molar-refractivity contribution in [2.75, 3.05) is 0 Å². The van der Waals surface area contributed by atoms with E-state index in [9.17, 15) is 4.79 Å². The zero-order valence-corrected chi connectivity index (χ0v) is 14.1. The van der Waals surface area contributed by atoms with E-state index in [1.165, 1.54) is 12.8 Å². The van der Waals surface area contributed by atoms with Crippen molar-refractivity contribution in [3.05, 3.63) is 42.7 Å². The molecule has 24 heavy (non-hydrogen) atoms. The molecule has 125 valence electrons. The zero-order chi connectivity index (χ0) is 16.8. The fourth-order valence-electron chi connectivity index (χ4n) is 3.38. The van der Waals surface area contributed by atoms with Crippen molar-refractivity contribution in [2.45, 2.75) is 45.4 Å². The molecule has 0 amide bonds. The van der Waals surface area contributed by atoms with Crippen LogP contribution >= 0.6 is 0 Å². The van der Waals surface area contributed by atoms with Crippen LogP contribution in [0.3, 0.4) is 0 Å². The molecule has 0 aliphatic heterocycles. The summed E-state index contributed by atoms with van der Waals surface area (Å²) in [5.41, 5.74) is 0.892. The molecule has 1 aliphatic carbocycles. The third-order valence-electron chi connectivity index (χ3n) is 4.73. The van der Waals surface area contributed by atoms with Gasteiger partial charge in [-0.15, -0.1) is 0 Å². The highest BCUT2D eigenvalue weighted by Crippen LogP contribution is 2.32. The van der Waals surface area contributed by atoms with Gasteiger partial charge in [0.05, 0.1) is 5.92 Å². The van der Waals surface area contributed by atoms with Crippen molar-refractivity contribution in [1.82, 2.24) is 9.97 Å². The Morgan fingerprint density at radius 2 is 1.79 bits per heavy atom. The Morgan fingerprint density at radius 3 is 2.42 bits per heavy atom. The van der Waals surface area contributed by atoms with E-state index in [0.717, 1.165) is 37.2 Å². The van der Waals surface area contributed by atoms with Gasteiger partial charge in [-0.1, -0.05) is 19.8 Å². The van der Waals surface area contributed by atoms with Gasteiger partial charge < -0.3 is 4.74 Å². The quantitative estimate of drug-likeness (QED) is 0.602. The van der Waals surface area contributed by atoms with E-state index in [1.54, 1.807) is 24.5 Å². The molecule has 1 aromatic carbocycles. The predicted octanol–water partition coefficient (Wildman–Crippen LogP) is 4.46. The van der Waals surface area contributed by atoms with Gasteiger partial charge in [-0.3, -0.25) is 4.79 Å². The molecule has 2 aromatic rings. The SMILES string of the molecule is CCC[C@H]1CC[C@H](C(=O)Oc2ccc(-c3nc[c]cn3)cc2)CC1. The largest absolute Gasteiger partial charge is 0.426 e. The van der Waals surface area contributed by atoms with Crippen molar-refractivity contribution in [1.29, 1.82) is 0 Å². The van der Waals surface area contributed by atoms with Gasteiger partial charge in [-0.05, 0) is 55.9 Å². The van der Waals surface area contributed by atoms with E-state index >= 15 is 0 Å². The minimum absolute atomic E-state index is 0.0470. The highest BCUT2D eigenvalue weighted by molar-refractivity contribution is 5.75. The number of carbonyl (C=O) groups is 1. The fourth-order valence-corrected chi connectivity index (χ4v) is 3.38. The van der Waals surface area contributed by atoms with Crippen molar-refractivity contribution < 1.29 is 9.53 Å². The molecule has 1 radical (unpaired) electrons. The van der Waals surface area contributed by atoms with Gasteiger partial charge in [-0.25, -0.2) is 9.97 Å². The Balaban J connectivity index is 1.55. The standard InChI is InChI=1S/C20H23N2O2/c1-2-4-15-5-7-17(8-6-15)20(23)24-18-11-9-16(10-12-18)19-21-13-3-14-22-19/h9-15,17H,2,4-8H2,1H3/t15-,17-. The molecule has 4 heteroatoms. The molecule has 3 rings (SSSR count). The van der Waals surface area contributed by atoms with Crippen LogP contribution in [-0.4, -0.2) is 15.9 Å². The molecule has 0 spiro atoms. The summed E-state index contributed by atoms with van der Waals surface area (Å²) in [6.07, 6.45) is 9.89. The second-order valence-corrected chi connectivity index (χ2v) is 6.46. The van der Waals surface area contributed by atoms with E-state index in [0.29, 0.717) is 11.6 Å². The molecule has 0 atom stereocenters. The Kier molecular flexibility index (Phi) is 5.57. The maximum Gasteiger partial charge on any atom is 0.314 e. The van der Waals surface area contributed by atoms with E-state index < -0.39 is 0 Å². The average Bonchev–Trinajstić information content (AvgIpc) is 2.64. The van der Waals surface area contributed by atoms with Crippen LogP contribution < -0.4 is 4.74 Å². The summed E-state index contributed by atoms with van der Waals surface area (Å²) < 4.78 is 5.55. The molecular formula is C20H23N2O2. The van der Waals surface area contributed by atoms with Gasteiger partial charge in [0.15, 0.2) is 5.82 Å². The van der Waals surface area contributed by atoms with E-state index in [4.69, 9.17) is 4.74 Å². The second-order valence-electron chi connectivity index (χ2n) is 6.46. The van der Waals surface area contributed by atoms with Crippen LogP contribution in [0.5, 0.6) is 5.75 Å². The molecule has 1 aliphatic rings. The molecule has 1 aromatic heterocycles. The highest BCUT2D eigenvalue weighted by atomic mass is 16.5. The second kappa shape index (κ2) is 8.04. The molecule has 0 saturated heterocycles. The van der Waals surface area contributed by atoms with Crippen LogP contribution in [0.2, 0.25) is 0 Å². The van der Waals surface area contributed by atoms with Crippen LogP contribution in [-0.2, 0) is 4.79 Å². The molecule has 1 heterocycles. The predicted molar refractivity (Wildman–Crippen MR) is 92.3 cm³/mol. The lowest BCUT2D eigenvalue weighted by Gasteiger charge is -2.26. The van der Waals surface area contributed by atoms with Crippen molar-refractivity contribution in [3.8, 4) is 17.1 Å². The van der Waals surface area contributed by atoms with Crippen LogP contribution in [0.15, 0.2) is 36.7 Å². The first-order valence-corrected chi connectivity index (χ1v) is 8.76. The molecule has 4 nitrogen and oxygen atoms in total. The van der Waals surface area contributed by atoms with Crippen molar-refractivity contribution >= 4 is 5.97 Å². The van der Waals surface area contributed by atoms with Gasteiger partial charge in [0, 0.05) is 24.0 Å². The third kappa shape index (κ3) is 4.19. The Hall–Kier alpha value is -2.23. The van der Waals surface area contributed by atoms with Gasteiger partial charge in [0.25, 0.3) is 0 Å². The third-order valence-corrected chi connectivity index (χ3v) is 4.73. The smallest absolute Gasteiger partial charge is 0.314 e. The summed E-state index contributed by atoms with van der Waals surface area (Å²) in [5, 5.41) is 0. The Bertz CT molecular complexity index is 647. The summed E-state index contributed by atoms with van der Waals surface area (Å²) in [6, 6.07) is 10.1. The van der Waals surface area contributed by atoms with Crippen LogP contribution in [0.4, 0.5) is 0 Å². The summed E-state index contributed by atoms with van der Waals surface area (Å²) in [6.45, 7) is 2.22. The minimum Gasteiger partial charge on any atom is -0.426 e. The summed E-state index contributed by atoms with van der Waals surface area (Å²) in [7, 11) is 0. The molecule has 0 bridgehead atoms. The number of hydrogen-bond acceptors (Lipinski definition) is 4. The zero-order valence-electron chi connectivity index (χ0n) is 14.1. The number of carbonyl (C=O) groups excluding carboxylic acids is 1. The lowest BCUT2D eigenvalue weighted by molar-refractivity contribution is -0.140. The first kappa shape index (κ1) is 16.6. The summed E-state index contributed by atoms with van der Waals surface area (Å²) in [4.78, 5) is 20.7. The first-order chi connectivity index (χ1) is 11.8. The summed E-state index contributed by atoms with van der Waals surface area (Å²) in [5.74, 6) is 1.97. The van der Waals surface area contributed by atoms with Crippen LogP contribution in [0.25, 0.3) is 11.4 Å². The highest BCUT2D eigenvalue weighted by Gasteiger charge is 2.27. The fraction of sp³-hybridized carbons (Fsp3) is 0.450. The molecular weight excluding hydrogens is 300 g/mol. The van der Waals surface area contributed by atoms with Crippen LogP contribution in [0, 0.1) is 17.9 Å². The van der Waals surface area contributed by atoms with Crippen LogP contribution in [0.1, 0.15) is 45.4 Å². The number of nitrogens with zero attached hydrogens (tertiary/aromatic N) is 2. The van der Waals surface area contributed by atoms with Gasteiger partial charge >= 0.3 is 5.97 Å². The normalized spacial score (nSPS) is 20.5. The molecule has 0 N–H and O–H groups in total. The lowest BCUT2D eigenvalue weighted by atomic mass is 9.80. The molecule has 1 saturated carbocycles. The number of aromatic nitrogens is 2. The minimum atomic E-state index is -0.0942.